The molecule has 0 aliphatic carbocycles. The Morgan fingerprint density at radius 2 is 1.66 bits per heavy atom. The van der Waals surface area contributed by atoms with E-state index in [2.05, 4.69) is 5.32 Å². The molecule has 3 aromatic carbocycles. The predicted molar refractivity (Wildman–Crippen MR) is 137 cm³/mol. The van der Waals surface area contributed by atoms with Crippen LogP contribution in [0.4, 0.5) is 5.69 Å². The Labute approximate surface area is 213 Å². The van der Waals surface area contributed by atoms with Gasteiger partial charge in [0.2, 0.25) is 0 Å². The summed E-state index contributed by atoms with van der Waals surface area (Å²) >= 11 is 12.0. The third-order valence-electron chi connectivity index (χ3n) is 6.00. The van der Waals surface area contributed by atoms with E-state index in [0.29, 0.717) is 28.4 Å². The predicted octanol–water partition coefficient (Wildman–Crippen LogP) is 6.07. The molecular weight excluding hydrogens is 487 g/mol. The zero-order valence-electron chi connectivity index (χ0n) is 19.5. The lowest BCUT2D eigenvalue weighted by atomic mass is 10.00. The zero-order chi connectivity index (χ0) is 25.3. The van der Waals surface area contributed by atoms with Crippen molar-refractivity contribution in [3.05, 3.63) is 87.4 Å². The van der Waals surface area contributed by atoms with Crippen LogP contribution in [0.1, 0.15) is 40.1 Å². The summed E-state index contributed by atoms with van der Waals surface area (Å²) in [6, 6.07) is 17.1. The molecule has 6 nitrogen and oxygen atoms in total. The first-order valence-corrected chi connectivity index (χ1v) is 11.8. The number of halogens is 2. The first-order valence-electron chi connectivity index (χ1n) is 11.1. The summed E-state index contributed by atoms with van der Waals surface area (Å²) in [5, 5.41) is 3.55. The highest BCUT2D eigenvalue weighted by Crippen LogP contribution is 2.32. The number of hydrogen-bond acceptors (Lipinski definition) is 4. The van der Waals surface area contributed by atoms with E-state index in [9.17, 15) is 14.4 Å². The van der Waals surface area contributed by atoms with Crippen molar-refractivity contribution in [2.45, 2.75) is 26.4 Å². The van der Waals surface area contributed by atoms with Crippen LogP contribution in [-0.4, -0.2) is 35.8 Å². The van der Waals surface area contributed by atoms with Crippen molar-refractivity contribution < 1.29 is 19.1 Å². The number of nitrogens with one attached hydrogen (secondary N) is 1. The molecule has 0 saturated heterocycles. The van der Waals surface area contributed by atoms with Gasteiger partial charge >= 0.3 is 5.97 Å². The Bertz CT molecular complexity index is 1310. The molecule has 0 saturated carbocycles. The van der Waals surface area contributed by atoms with Crippen LogP contribution in [0.3, 0.4) is 0 Å². The lowest BCUT2D eigenvalue weighted by Gasteiger charge is -2.28. The minimum atomic E-state index is -0.639. The van der Waals surface area contributed by atoms with Crippen LogP contribution in [0.25, 0.3) is 11.1 Å². The highest BCUT2D eigenvalue weighted by molar-refractivity contribution is 6.37. The van der Waals surface area contributed by atoms with Crippen LogP contribution in [0.15, 0.2) is 60.7 Å². The van der Waals surface area contributed by atoms with Crippen LogP contribution < -0.4 is 5.32 Å². The molecule has 1 aliphatic rings. The highest BCUT2D eigenvalue weighted by atomic mass is 35.5. The topological polar surface area (TPSA) is 75.7 Å². The third-order valence-corrected chi connectivity index (χ3v) is 6.55. The lowest BCUT2D eigenvalue weighted by molar-refractivity contribution is -0.147. The molecule has 1 N–H and O–H groups in total. The smallest absolute Gasteiger partial charge is 0.328 e. The molecule has 0 bridgehead atoms. The van der Waals surface area contributed by atoms with Crippen molar-refractivity contribution in [3.8, 4) is 11.1 Å². The maximum atomic E-state index is 13.2. The average Bonchev–Trinajstić information content (AvgIpc) is 3.14. The maximum Gasteiger partial charge on any atom is 0.328 e. The van der Waals surface area contributed by atoms with Gasteiger partial charge in [-0.2, -0.15) is 0 Å². The molecule has 8 heteroatoms. The van der Waals surface area contributed by atoms with E-state index in [4.69, 9.17) is 27.9 Å². The molecule has 0 spiro atoms. The largest absolute Gasteiger partial charge is 0.467 e. The van der Waals surface area contributed by atoms with Crippen molar-refractivity contribution in [2.24, 2.45) is 5.92 Å². The number of amides is 2. The third kappa shape index (κ3) is 5.04. The zero-order valence-corrected chi connectivity index (χ0v) is 21.0. The Kier molecular flexibility index (Phi) is 7.15. The van der Waals surface area contributed by atoms with Gasteiger partial charge in [0, 0.05) is 22.8 Å². The van der Waals surface area contributed by atoms with Gasteiger partial charge in [-0.1, -0.05) is 61.3 Å². The van der Waals surface area contributed by atoms with Gasteiger partial charge in [-0.25, -0.2) is 4.79 Å². The molecule has 0 radical (unpaired) electrons. The summed E-state index contributed by atoms with van der Waals surface area (Å²) in [6.45, 7) is 4.15. The molecule has 0 unspecified atom stereocenters. The molecule has 1 atom stereocenters. The normalized spacial score (nSPS) is 13.5. The number of carbonyl (C=O) groups excluding carboxylic acids is 3. The fraction of sp³-hybridized carbons (Fsp3) is 0.222. The average molecular weight is 511 g/mol. The van der Waals surface area contributed by atoms with E-state index in [1.807, 2.05) is 44.2 Å². The molecule has 2 amide bonds. The fourth-order valence-corrected chi connectivity index (χ4v) is 4.72. The van der Waals surface area contributed by atoms with Crippen molar-refractivity contribution in [2.75, 3.05) is 12.4 Å². The summed E-state index contributed by atoms with van der Waals surface area (Å²) in [6.07, 6.45) is 0. The standard InChI is InChI=1S/C27H24Cl2N2O4/c1-15(2)24(27(34)35-3)31-14-18-5-4-17(12-22(18)26(31)33)16-6-9-20(10-7-16)30-25(32)21-11-8-19(28)13-23(21)29/h4-13,15,24H,14H2,1-3H3,(H,30,32)/t24-/m0/s1. The Hall–Kier alpha value is -3.35. The monoisotopic (exact) mass is 510 g/mol. The second-order valence-electron chi connectivity index (χ2n) is 8.67. The SMILES string of the molecule is COC(=O)[C@H](C(C)C)N1Cc2ccc(-c3ccc(NC(=O)c4ccc(Cl)cc4Cl)cc3)cc2C1=O. The van der Waals surface area contributed by atoms with Gasteiger partial charge in [-0.15, -0.1) is 0 Å². The van der Waals surface area contributed by atoms with Crippen LogP contribution in [0.2, 0.25) is 10.0 Å². The number of esters is 1. The Morgan fingerprint density at radius 3 is 2.29 bits per heavy atom. The highest BCUT2D eigenvalue weighted by Gasteiger charge is 2.38. The Balaban J connectivity index is 1.52. The van der Waals surface area contributed by atoms with E-state index in [-0.39, 0.29) is 22.8 Å². The van der Waals surface area contributed by atoms with Crippen molar-refractivity contribution in [3.63, 3.8) is 0 Å². The molecule has 1 aliphatic heterocycles. The van der Waals surface area contributed by atoms with Gasteiger partial charge in [0.1, 0.15) is 6.04 Å². The van der Waals surface area contributed by atoms with Crippen LogP contribution in [0.5, 0.6) is 0 Å². The summed E-state index contributed by atoms with van der Waals surface area (Å²) in [4.78, 5) is 39.6. The van der Waals surface area contributed by atoms with Gasteiger partial charge < -0.3 is 15.0 Å². The molecule has 1 heterocycles. The molecule has 35 heavy (non-hydrogen) atoms. The minimum absolute atomic E-state index is 0.0781. The molecule has 180 valence electrons. The van der Waals surface area contributed by atoms with Gasteiger partial charge in [-0.05, 0) is 59.0 Å². The number of carbonyl (C=O) groups is 3. The number of rotatable bonds is 6. The van der Waals surface area contributed by atoms with Crippen molar-refractivity contribution >= 4 is 46.7 Å². The second-order valence-corrected chi connectivity index (χ2v) is 9.52. The number of nitrogens with zero attached hydrogens (tertiary/aromatic N) is 1. The Morgan fingerprint density at radius 1 is 0.971 bits per heavy atom. The molecule has 0 aromatic heterocycles. The van der Waals surface area contributed by atoms with Crippen LogP contribution in [0, 0.1) is 5.92 Å². The molecule has 0 fully saturated rings. The van der Waals surface area contributed by atoms with E-state index in [1.165, 1.54) is 13.2 Å². The first-order chi connectivity index (χ1) is 16.7. The lowest BCUT2D eigenvalue weighted by Crippen LogP contribution is -2.45. The van der Waals surface area contributed by atoms with E-state index in [0.717, 1.165) is 16.7 Å². The fourth-order valence-electron chi connectivity index (χ4n) is 4.23. The van der Waals surface area contributed by atoms with Gasteiger partial charge in [0.05, 0.1) is 17.7 Å². The summed E-state index contributed by atoms with van der Waals surface area (Å²) in [7, 11) is 1.33. The number of hydrogen-bond donors (Lipinski definition) is 1. The van der Waals surface area contributed by atoms with Crippen LogP contribution >= 0.6 is 23.2 Å². The number of anilines is 1. The molecule has 4 rings (SSSR count). The minimum Gasteiger partial charge on any atom is -0.467 e. The second kappa shape index (κ2) is 10.1. The summed E-state index contributed by atoms with van der Waals surface area (Å²) in [5.41, 5.74) is 4.12. The number of fused-ring (bicyclic) bond motifs is 1. The van der Waals surface area contributed by atoms with Gasteiger partial charge in [0.15, 0.2) is 0 Å². The first kappa shape index (κ1) is 24.8. The maximum absolute atomic E-state index is 13.2. The number of ether oxygens (including phenoxy) is 1. The summed E-state index contributed by atoms with van der Waals surface area (Å²) < 4.78 is 4.93. The van der Waals surface area contributed by atoms with Gasteiger partial charge in [-0.3, -0.25) is 9.59 Å². The van der Waals surface area contributed by atoms with Crippen LogP contribution in [-0.2, 0) is 16.1 Å². The molecular formula is C27H24Cl2N2O4. The van der Waals surface area contributed by atoms with E-state index >= 15 is 0 Å². The number of benzene rings is 3. The van der Waals surface area contributed by atoms with Crippen molar-refractivity contribution in [1.29, 1.82) is 0 Å². The van der Waals surface area contributed by atoms with Gasteiger partial charge in [0.25, 0.3) is 11.8 Å². The molecule has 3 aromatic rings. The van der Waals surface area contributed by atoms with E-state index in [1.54, 1.807) is 29.2 Å². The quantitative estimate of drug-likeness (QED) is 0.408. The van der Waals surface area contributed by atoms with E-state index < -0.39 is 12.0 Å². The summed E-state index contributed by atoms with van der Waals surface area (Å²) in [5.74, 6) is -1.02. The van der Waals surface area contributed by atoms with Crippen molar-refractivity contribution in [1.82, 2.24) is 4.90 Å². The number of methoxy groups -OCH3 is 1.